The second-order valence-electron chi connectivity index (χ2n) is 7.37. The van der Waals surface area contributed by atoms with Gasteiger partial charge in [0.2, 0.25) is 5.91 Å². The van der Waals surface area contributed by atoms with E-state index in [0.717, 1.165) is 16.7 Å². The average Bonchev–Trinajstić information content (AvgIpc) is 2.55. The molecule has 26 heavy (non-hydrogen) atoms. The van der Waals surface area contributed by atoms with E-state index < -0.39 is 12.0 Å². The standard InChI is InChI=1S/C21H24ClNO3/c1-21(2,3)16-8-6-15(7-9-16)18(13-20(25)26)23-19(24)12-14-4-10-17(22)11-5-14/h4-11,18H,12-13H2,1-3H3,(H,23,24)(H,25,26)/p-1/t18-/m1/s1. The van der Waals surface area contributed by atoms with Gasteiger partial charge in [-0.1, -0.05) is 68.8 Å². The minimum atomic E-state index is -1.21. The van der Waals surface area contributed by atoms with E-state index in [0.29, 0.717) is 5.02 Å². The highest BCUT2D eigenvalue weighted by Gasteiger charge is 2.18. The van der Waals surface area contributed by atoms with E-state index in [-0.39, 0.29) is 24.2 Å². The molecule has 0 saturated carbocycles. The number of carboxylic acid groups (broad SMARTS) is 1. The molecule has 4 nitrogen and oxygen atoms in total. The van der Waals surface area contributed by atoms with Gasteiger partial charge in [-0.2, -0.15) is 0 Å². The van der Waals surface area contributed by atoms with Crippen LogP contribution in [0.2, 0.25) is 5.02 Å². The number of rotatable bonds is 6. The topological polar surface area (TPSA) is 69.2 Å². The van der Waals surface area contributed by atoms with Crippen molar-refractivity contribution in [2.24, 2.45) is 0 Å². The summed E-state index contributed by atoms with van der Waals surface area (Å²) in [6.07, 6.45) is -0.123. The van der Waals surface area contributed by atoms with Crippen molar-refractivity contribution >= 4 is 23.5 Å². The van der Waals surface area contributed by atoms with Crippen molar-refractivity contribution in [3.05, 3.63) is 70.2 Å². The van der Waals surface area contributed by atoms with Gasteiger partial charge in [0.05, 0.1) is 12.5 Å². The van der Waals surface area contributed by atoms with Gasteiger partial charge in [-0.25, -0.2) is 0 Å². The van der Waals surface area contributed by atoms with Gasteiger partial charge in [-0.15, -0.1) is 0 Å². The Bertz CT molecular complexity index is 761. The van der Waals surface area contributed by atoms with Gasteiger partial charge in [0.15, 0.2) is 0 Å². The molecule has 0 unspecified atom stereocenters. The van der Waals surface area contributed by atoms with Crippen LogP contribution in [-0.4, -0.2) is 11.9 Å². The Morgan fingerprint density at radius 1 is 1.04 bits per heavy atom. The van der Waals surface area contributed by atoms with Crippen molar-refractivity contribution in [3.8, 4) is 0 Å². The molecule has 1 amide bonds. The molecular formula is C21H23ClNO3-. The van der Waals surface area contributed by atoms with E-state index in [9.17, 15) is 14.7 Å². The van der Waals surface area contributed by atoms with E-state index in [1.54, 1.807) is 24.3 Å². The number of amides is 1. The third kappa shape index (κ3) is 5.88. The summed E-state index contributed by atoms with van der Waals surface area (Å²) >= 11 is 5.84. The lowest BCUT2D eigenvalue weighted by molar-refractivity contribution is -0.306. The number of carbonyl (C=O) groups excluding carboxylic acids is 2. The van der Waals surface area contributed by atoms with Crippen molar-refractivity contribution < 1.29 is 14.7 Å². The first-order chi connectivity index (χ1) is 12.1. The molecular weight excluding hydrogens is 350 g/mol. The van der Waals surface area contributed by atoms with Crippen LogP contribution in [0.4, 0.5) is 0 Å². The number of hydrogen-bond acceptors (Lipinski definition) is 3. The zero-order chi connectivity index (χ0) is 19.3. The van der Waals surface area contributed by atoms with Gasteiger partial charge in [0.25, 0.3) is 0 Å². The third-order valence-corrected chi connectivity index (χ3v) is 4.42. The van der Waals surface area contributed by atoms with Crippen molar-refractivity contribution in [2.75, 3.05) is 0 Å². The zero-order valence-electron chi connectivity index (χ0n) is 15.2. The van der Waals surface area contributed by atoms with Crippen LogP contribution in [0.1, 0.15) is 49.9 Å². The second-order valence-corrected chi connectivity index (χ2v) is 7.81. The number of benzene rings is 2. The van der Waals surface area contributed by atoms with Gasteiger partial charge in [-0.05, 0) is 34.2 Å². The summed E-state index contributed by atoms with van der Waals surface area (Å²) in [5.74, 6) is -1.46. The molecule has 0 aliphatic heterocycles. The van der Waals surface area contributed by atoms with E-state index in [1.807, 2.05) is 24.3 Å². The molecule has 5 heteroatoms. The molecule has 0 aromatic heterocycles. The summed E-state index contributed by atoms with van der Waals surface area (Å²) in [6, 6.07) is 14.0. The number of hydrogen-bond donors (Lipinski definition) is 1. The Morgan fingerprint density at radius 3 is 2.12 bits per heavy atom. The van der Waals surface area contributed by atoms with Crippen molar-refractivity contribution in [1.29, 1.82) is 0 Å². The number of carbonyl (C=O) groups is 2. The van der Waals surface area contributed by atoms with E-state index in [4.69, 9.17) is 11.6 Å². The maximum absolute atomic E-state index is 12.3. The fourth-order valence-electron chi connectivity index (χ4n) is 2.67. The fourth-order valence-corrected chi connectivity index (χ4v) is 2.79. The Kier molecular flexibility index (Phi) is 6.43. The zero-order valence-corrected chi connectivity index (χ0v) is 16.0. The van der Waals surface area contributed by atoms with E-state index >= 15 is 0 Å². The summed E-state index contributed by atoms with van der Waals surface area (Å²) in [7, 11) is 0. The summed E-state index contributed by atoms with van der Waals surface area (Å²) in [5, 5.41) is 14.5. The van der Waals surface area contributed by atoms with Crippen LogP contribution in [0.25, 0.3) is 0 Å². The molecule has 0 radical (unpaired) electrons. The summed E-state index contributed by atoms with van der Waals surface area (Å²) < 4.78 is 0. The highest BCUT2D eigenvalue weighted by molar-refractivity contribution is 6.30. The molecule has 0 aliphatic carbocycles. The number of halogens is 1. The smallest absolute Gasteiger partial charge is 0.224 e. The fraction of sp³-hybridized carbons (Fsp3) is 0.333. The lowest BCUT2D eigenvalue weighted by atomic mass is 9.86. The molecule has 1 N–H and O–H groups in total. The number of nitrogens with one attached hydrogen (secondary N) is 1. The third-order valence-electron chi connectivity index (χ3n) is 4.16. The largest absolute Gasteiger partial charge is 0.550 e. The maximum atomic E-state index is 12.3. The Hall–Kier alpha value is -2.33. The summed E-state index contributed by atoms with van der Waals surface area (Å²) in [6.45, 7) is 6.32. The molecule has 2 aromatic rings. The molecule has 0 saturated heterocycles. The molecule has 138 valence electrons. The number of carboxylic acids is 1. The lowest BCUT2D eigenvalue weighted by Gasteiger charge is -2.23. The molecule has 0 aliphatic rings. The van der Waals surface area contributed by atoms with Crippen molar-refractivity contribution in [3.63, 3.8) is 0 Å². The van der Waals surface area contributed by atoms with Crippen LogP contribution in [0.3, 0.4) is 0 Å². The van der Waals surface area contributed by atoms with E-state index in [2.05, 4.69) is 26.1 Å². The second kappa shape index (κ2) is 8.37. The van der Waals surface area contributed by atoms with Crippen LogP contribution < -0.4 is 10.4 Å². The SMILES string of the molecule is CC(C)(C)c1ccc([C@@H](CC(=O)[O-])NC(=O)Cc2ccc(Cl)cc2)cc1. The lowest BCUT2D eigenvalue weighted by Crippen LogP contribution is -2.35. The highest BCUT2D eigenvalue weighted by atomic mass is 35.5. The first-order valence-electron chi connectivity index (χ1n) is 8.49. The van der Waals surface area contributed by atoms with Crippen LogP contribution >= 0.6 is 11.6 Å². The van der Waals surface area contributed by atoms with Crippen LogP contribution in [0.5, 0.6) is 0 Å². The predicted molar refractivity (Wildman–Crippen MR) is 101 cm³/mol. The highest BCUT2D eigenvalue weighted by Crippen LogP contribution is 2.25. The van der Waals surface area contributed by atoms with Crippen molar-refractivity contribution in [1.82, 2.24) is 5.32 Å². The van der Waals surface area contributed by atoms with Crippen molar-refractivity contribution in [2.45, 2.75) is 45.1 Å². The Morgan fingerprint density at radius 2 is 1.62 bits per heavy atom. The average molecular weight is 373 g/mol. The maximum Gasteiger partial charge on any atom is 0.224 e. The Labute approximate surface area is 159 Å². The summed E-state index contributed by atoms with van der Waals surface area (Å²) in [4.78, 5) is 23.4. The van der Waals surface area contributed by atoms with Crippen LogP contribution in [0, 0.1) is 0 Å². The Balaban J connectivity index is 2.12. The van der Waals surface area contributed by atoms with Gasteiger partial charge in [0.1, 0.15) is 0 Å². The molecule has 1 atom stereocenters. The minimum absolute atomic E-state index is 0.000210. The van der Waals surface area contributed by atoms with Gasteiger partial charge < -0.3 is 15.2 Å². The molecule has 0 heterocycles. The summed E-state index contributed by atoms with van der Waals surface area (Å²) in [5.41, 5.74) is 2.69. The predicted octanol–water partition coefficient (Wildman–Crippen LogP) is 3.18. The molecule has 0 fully saturated rings. The first kappa shape index (κ1) is 20.0. The molecule has 0 bridgehead atoms. The first-order valence-corrected chi connectivity index (χ1v) is 8.87. The monoisotopic (exact) mass is 372 g/mol. The normalized spacial score (nSPS) is 12.5. The molecule has 2 rings (SSSR count). The quantitative estimate of drug-likeness (QED) is 0.846. The van der Waals surface area contributed by atoms with Gasteiger partial charge in [0, 0.05) is 17.4 Å². The molecule has 0 spiro atoms. The minimum Gasteiger partial charge on any atom is -0.550 e. The van der Waals surface area contributed by atoms with E-state index in [1.165, 1.54) is 0 Å². The number of aliphatic carboxylic acids is 1. The van der Waals surface area contributed by atoms with Gasteiger partial charge >= 0.3 is 0 Å². The molecule has 2 aromatic carbocycles. The van der Waals surface area contributed by atoms with Crippen LogP contribution in [-0.2, 0) is 21.4 Å². The van der Waals surface area contributed by atoms with Crippen LogP contribution in [0.15, 0.2) is 48.5 Å². The van der Waals surface area contributed by atoms with Gasteiger partial charge in [-0.3, -0.25) is 4.79 Å².